The molecule has 5 atom stereocenters. The number of carbonyl (C=O) groups excluding carboxylic acids is 1. The molecule has 8 aliphatic rings. The Morgan fingerprint density at radius 3 is 1.96 bits per heavy atom. The molecule has 130 valence electrons. The fourth-order valence-corrected chi connectivity index (χ4v) is 8.61. The molecule has 0 radical (unpaired) electrons. The fourth-order valence-electron chi connectivity index (χ4n) is 8.61. The van der Waals surface area contributed by atoms with E-state index in [1.807, 2.05) is 11.1 Å². The quantitative estimate of drug-likeness (QED) is 0.514. The molecule has 0 aromatic carbocycles. The number of hydrogen-bond acceptors (Lipinski definition) is 2. The highest BCUT2D eigenvalue weighted by Crippen LogP contribution is 2.63. The number of hydrogen-bond donors (Lipinski definition) is 0. The van der Waals surface area contributed by atoms with Crippen LogP contribution < -0.4 is 0 Å². The van der Waals surface area contributed by atoms with Crippen LogP contribution in [-0.2, 0) is 9.53 Å². The first-order valence-electron chi connectivity index (χ1n) is 10.6. The first-order valence-corrected chi connectivity index (χ1v) is 10.6. The third kappa shape index (κ3) is 1.92. The minimum atomic E-state index is -0.0538. The fraction of sp³-hybridized carbons (Fsp3) is 0.864. The first kappa shape index (κ1) is 14.4. The summed E-state index contributed by atoms with van der Waals surface area (Å²) in [6.45, 7) is 1.61. The van der Waals surface area contributed by atoms with E-state index in [9.17, 15) is 4.79 Å². The van der Waals surface area contributed by atoms with Crippen molar-refractivity contribution >= 4 is 5.97 Å². The molecule has 0 amide bonds. The summed E-state index contributed by atoms with van der Waals surface area (Å²) >= 11 is 0. The zero-order valence-electron chi connectivity index (χ0n) is 14.9. The van der Waals surface area contributed by atoms with Crippen LogP contribution in [0.2, 0.25) is 0 Å². The summed E-state index contributed by atoms with van der Waals surface area (Å²) in [4.78, 5) is 11.7. The van der Waals surface area contributed by atoms with Gasteiger partial charge in [-0.3, -0.25) is 4.79 Å². The maximum absolute atomic E-state index is 11.7. The number of ether oxygens (including phenoxy) is 1. The standard InChI is InChI=1S/C22H30O2/c1-11(23)24-22-18-8-14-7-17(10-18)21(19(22)9-14)20-15-3-12-2-13(5-15)6-16(20)4-12/h12-19,22H,2-10H2,1H3/t12?,13?,14-,15?,16?,17+,18-,19+,22?/m1/s1. The Labute approximate surface area is 145 Å². The van der Waals surface area contributed by atoms with E-state index in [2.05, 4.69) is 0 Å². The average molecular weight is 326 g/mol. The maximum atomic E-state index is 11.7. The van der Waals surface area contributed by atoms with E-state index < -0.39 is 0 Å². The van der Waals surface area contributed by atoms with Crippen LogP contribution in [0.4, 0.5) is 0 Å². The van der Waals surface area contributed by atoms with Crippen LogP contribution >= 0.6 is 0 Å². The predicted octanol–water partition coefficient (Wildman–Crippen LogP) is 4.74. The van der Waals surface area contributed by atoms with Crippen molar-refractivity contribution in [2.75, 3.05) is 0 Å². The second-order valence-electron chi connectivity index (χ2n) is 10.2. The predicted molar refractivity (Wildman–Crippen MR) is 92.1 cm³/mol. The van der Waals surface area contributed by atoms with Crippen molar-refractivity contribution in [3.8, 4) is 0 Å². The van der Waals surface area contributed by atoms with E-state index in [1.165, 1.54) is 57.8 Å². The Balaban J connectivity index is 1.42. The summed E-state index contributed by atoms with van der Waals surface area (Å²) in [5.41, 5.74) is 3.77. The molecule has 1 unspecified atom stereocenters. The monoisotopic (exact) mass is 326 g/mol. The van der Waals surface area contributed by atoms with Gasteiger partial charge in [-0.25, -0.2) is 0 Å². The van der Waals surface area contributed by atoms with Gasteiger partial charge in [-0.05, 0) is 99.2 Å². The van der Waals surface area contributed by atoms with Crippen molar-refractivity contribution in [3.63, 3.8) is 0 Å². The van der Waals surface area contributed by atoms with E-state index in [0.29, 0.717) is 11.8 Å². The van der Waals surface area contributed by atoms with E-state index in [4.69, 9.17) is 4.74 Å². The molecule has 0 N–H and O–H groups in total. The van der Waals surface area contributed by atoms with Gasteiger partial charge in [0.15, 0.2) is 0 Å². The van der Waals surface area contributed by atoms with Crippen LogP contribution in [0, 0.1) is 47.3 Å². The smallest absolute Gasteiger partial charge is 0.302 e. The molecular weight excluding hydrogens is 296 g/mol. The van der Waals surface area contributed by atoms with Crippen molar-refractivity contribution in [1.29, 1.82) is 0 Å². The molecule has 0 aromatic rings. The van der Waals surface area contributed by atoms with Crippen molar-refractivity contribution in [2.24, 2.45) is 47.3 Å². The number of rotatable bonds is 1. The number of allylic oxidation sites excluding steroid dienone is 1. The van der Waals surface area contributed by atoms with Gasteiger partial charge in [0.2, 0.25) is 0 Å². The van der Waals surface area contributed by atoms with Crippen LogP contribution in [0.15, 0.2) is 11.1 Å². The average Bonchev–Trinajstić information content (AvgIpc) is 2.51. The molecule has 0 heterocycles. The lowest BCUT2D eigenvalue weighted by molar-refractivity contribution is -0.162. The molecule has 0 aromatic heterocycles. The maximum Gasteiger partial charge on any atom is 0.302 e. The van der Waals surface area contributed by atoms with E-state index in [0.717, 1.165) is 35.5 Å². The summed E-state index contributed by atoms with van der Waals surface area (Å²) in [7, 11) is 0. The van der Waals surface area contributed by atoms with Crippen molar-refractivity contribution in [2.45, 2.75) is 70.8 Å². The van der Waals surface area contributed by atoms with Gasteiger partial charge in [-0.15, -0.1) is 0 Å². The molecule has 8 fully saturated rings. The SMILES string of the molecule is CC(=O)OC1[C@@H]2C[C@H]3C[C@@H](C2)C(=C2C4CC5CC(C4)CC2C5)[C@@H]1C3. The Bertz CT molecular complexity index is 587. The van der Waals surface area contributed by atoms with E-state index in [1.54, 1.807) is 6.92 Å². The van der Waals surface area contributed by atoms with Gasteiger partial charge in [-0.1, -0.05) is 11.1 Å². The molecule has 8 saturated carbocycles. The lowest BCUT2D eigenvalue weighted by Gasteiger charge is -2.59. The third-order valence-corrected chi connectivity index (χ3v) is 8.78. The zero-order valence-corrected chi connectivity index (χ0v) is 14.9. The van der Waals surface area contributed by atoms with E-state index >= 15 is 0 Å². The summed E-state index contributed by atoms with van der Waals surface area (Å²) in [6, 6.07) is 0. The molecule has 0 aliphatic heterocycles. The van der Waals surface area contributed by atoms with Crippen LogP contribution in [-0.4, -0.2) is 12.1 Å². The molecule has 0 saturated heterocycles. The van der Waals surface area contributed by atoms with Gasteiger partial charge in [0.25, 0.3) is 0 Å². The van der Waals surface area contributed by atoms with E-state index in [-0.39, 0.29) is 12.1 Å². The van der Waals surface area contributed by atoms with Gasteiger partial charge in [0.1, 0.15) is 6.10 Å². The lowest BCUT2D eigenvalue weighted by atomic mass is 9.47. The second-order valence-corrected chi connectivity index (χ2v) is 10.2. The topological polar surface area (TPSA) is 26.3 Å². The molecule has 2 heteroatoms. The molecule has 8 aliphatic carbocycles. The van der Waals surface area contributed by atoms with Gasteiger partial charge < -0.3 is 4.74 Å². The highest BCUT2D eigenvalue weighted by Gasteiger charge is 2.55. The lowest BCUT2D eigenvalue weighted by Crippen LogP contribution is -2.53. The number of esters is 1. The third-order valence-electron chi connectivity index (χ3n) is 8.78. The van der Waals surface area contributed by atoms with Gasteiger partial charge in [0, 0.05) is 12.8 Å². The minimum Gasteiger partial charge on any atom is -0.462 e. The Morgan fingerprint density at radius 2 is 1.33 bits per heavy atom. The van der Waals surface area contributed by atoms with Crippen LogP contribution in [0.1, 0.15) is 64.7 Å². The highest BCUT2D eigenvalue weighted by atomic mass is 16.5. The van der Waals surface area contributed by atoms with Gasteiger partial charge in [-0.2, -0.15) is 0 Å². The molecule has 8 rings (SSSR count). The van der Waals surface area contributed by atoms with Gasteiger partial charge in [0.05, 0.1) is 0 Å². The largest absolute Gasteiger partial charge is 0.462 e. The summed E-state index contributed by atoms with van der Waals surface area (Å²) in [5.74, 6) is 6.88. The molecule has 24 heavy (non-hydrogen) atoms. The Morgan fingerprint density at radius 1 is 0.750 bits per heavy atom. The summed E-state index contributed by atoms with van der Waals surface area (Å²) in [6.07, 6.45) is 13.1. The summed E-state index contributed by atoms with van der Waals surface area (Å²) in [5, 5.41) is 0. The van der Waals surface area contributed by atoms with Crippen molar-refractivity contribution in [1.82, 2.24) is 0 Å². The summed E-state index contributed by atoms with van der Waals surface area (Å²) < 4.78 is 5.93. The first-order chi connectivity index (χ1) is 11.7. The Kier molecular flexibility index (Phi) is 2.93. The van der Waals surface area contributed by atoms with Crippen LogP contribution in [0.5, 0.6) is 0 Å². The normalized spacial score (nSPS) is 53.8. The molecule has 0 spiro atoms. The highest BCUT2D eigenvalue weighted by molar-refractivity contribution is 5.66. The van der Waals surface area contributed by atoms with Gasteiger partial charge >= 0.3 is 5.97 Å². The molecular formula is C22H30O2. The zero-order chi connectivity index (χ0) is 16.0. The van der Waals surface area contributed by atoms with Crippen LogP contribution in [0.3, 0.4) is 0 Å². The molecule has 8 bridgehead atoms. The van der Waals surface area contributed by atoms with Crippen molar-refractivity contribution in [3.05, 3.63) is 11.1 Å². The van der Waals surface area contributed by atoms with Crippen LogP contribution in [0.25, 0.3) is 0 Å². The number of carbonyl (C=O) groups is 1. The van der Waals surface area contributed by atoms with Crippen molar-refractivity contribution < 1.29 is 9.53 Å². The Hall–Kier alpha value is -0.790. The molecule has 2 nitrogen and oxygen atoms in total. The minimum absolute atomic E-state index is 0.0538. The second kappa shape index (κ2) is 4.89.